The summed E-state index contributed by atoms with van der Waals surface area (Å²) in [5.74, 6) is -0.509. The number of thiazole rings is 1. The molecule has 9 nitrogen and oxygen atoms in total. The van der Waals surface area contributed by atoms with E-state index in [1.807, 2.05) is 25.1 Å². The predicted octanol–water partition coefficient (Wildman–Crippen LogP) is 3.86. The number of hydrogen-bond acceptors (Lipinski definition) is 7. The minimum Gasteiger partial charge on any atom is -0.302 e. The van der Waals surface area contributed by atoms with Gasteiger partial charge in [-0.25, -0.2) is 13.4 Å². The van der Waals surface area contributed by atoms with Crippen molar-refractivity contribution in [3.05, 3.63) is 57.6 Å². The Morgan fingerprint density at radius 1 is 1.19 bits per heavy atom. The number of carbonyl (C=O) groups excluding carboxylic acids is 1. The van der Waals surface area contributed by atoms with Gasteiger partial charge in [0.2, 0.25) is 15.9 Å². The highest BCUT2D eigenvalue weighted by Crippen LogP contribution is 2.30. The number of nitro groups is 1. The molecule has 0 radical (unpaired) electrons. The fraction of sp³-hybridized carbons (Fsp3) is 0.333. The number of nitro benzene ring substituents is 1. The van der Waals surface area contributed by atoms with Gasteiger partial charge in [0.05, 0.1) is 20.0 Å². The first-order valence-corrected chi connectivity index (χ1v) is 12.3. The number of sulfonamides is 1. The lowest BCUT2D eigenvalue weighted by Crippen LogP contribution is -2.41. The van der Waals surface area contributed by atoms with Gasteiger partial charge in [-0.3, -0.25) is 14.9 Å². The molecule has 1 amide bonds. The zero-order valence-corrected chi connectivity index (χ0v) is 19.2. The molecule has 1 fully saturated rings. The molecule has 0 bridgehead atoms. The second-order valence-corrected chi connectivity index (χ2v) is 10.8. The Bertz CT molecular complexity index is 1310. The fourth-order valence-corrected chi connectivity index (χ4v) is 6.45. The average Bonchev–Trinajstić information content (AvgIpc) is 3.15. The standard InChI is InChI=1S/C21H22N4O5S2/c1-13-3-6-17-18(11-13)31-21(22-17)23-20(26)15-7-9-24(10-8-15)32(29,30)19-12-16(25(27)28)5-4-14(19)2/h3-6,11-12,15H,7-10H2,1-2H3,(H,22,23,26). The zero-order valence-electron chi connectivity index (χ0n) is 17.6. The van der Waals surface area contributed by atoms with Crippen LogP contribution in [0.3, 0.4) is 0 Å². The molecule has 1 aliphatic rings. The van der Waals surface area contributed by atoms with Crippen molar-refractivity contribution < 1.29 is 18.1 Å². The first-order chi connectivity index (χ1) is 15.1. The largest absolute Gasteiger partial charge is 0.302 e. The molecule has 168 valence electrons. The number of rotatable bonds is 5. The number of aromatic nitrogens is 1. The van der Waals surface area contributed by atoms with E-state index in [9.17, 15) is 23.3 Å². The Morgan fingerprint density at radius 3 is 2.59 bits per heavy atom. The van der Waals surface area contributed by atoms with Crippen LogP contribution in [0.15, 0.2) is 41.3 Å². The van der Waals surface area contributed by atoms with E-state index >= 15 is 0 Å². The second-order valence-electron chi connectivity index (χ2n) is 7.86. The number of amides is 1. The molecule has 3 aromatic rings. The summed E-state index contributed by atoms with van der Waals surface area (Å²) in [6.45, 7) is 3.94. The van der Waals surface area contributed by atoms with Crippen molar-refractivity contribution in [1.29, 1.82) is 0 Å². The van der Waals surface area contributed by atoms with Crippen molar-refractivity contribution in [1.82, 2.24) is 9.29 Å². The highest BCUT2D eigenvalue weighted by Gasteiger charge is 2.33. The molecule has 2 aromatic carbocycles. The van der Waals surface area contributed by atoms with Gasteiger partial charge in [-0.15, -0.1) is 0 Å². The third-order valence-electron chi connectivity index (χ3n) is 5.60. The number of hydrogen-bond donors (Lipinski definition) is 1. The highest BCUT2D eigenvalue weighted by molar-refractivity contribution is 7.89. The molecule has 32 heavy (non-hydrogen) atoms. The summed E-state index contributed by atoms with van der Waals surface area (Å²) < 4.78 is 28.4. The molecule has 0 aliphatic carbocycles. The molecular formula is C21H22N4O5S2. The van der Waals surface area contributed by atoms with Gasteiger partial charge < -0.3 is 5.32 Å². The monoisotopic (exact) mass is 474 g/mol. The molecule has 11 heteroatoms. The van der Waals surface area contributed by atoms with Crippen LogP contribution >= 0.6 is 11.3 Å². The van der Waals surface area contributed by atoms with Gasteiger partial charge in [0.1, 0.15) is 0 Å². The van der Waals surface area contributed by atoms with Crippen molar-refractivity contribution in [3.63, 3.8) is 0 Å². The summed E-state index contributed by atoms with van der Waals surface area (Å²) >= 11 is 1.41. The summed E-state index contributed by atoms with van der Waals surface area (Å²) in [7, 11) is -3.89. The van der Waals surface area contributed by atoms with Crippen LogP contribution in [0.25, 0.3) is 10.2 Å². The predicted molar refractivity (Wildman–Crippen MR) is 122 cm³/mol. The first kappa shape index (κ1) is 22.3. The van der Waals surface area contributed by atoms with Crippen molar-refractivity contribution >= 4 is 48.3 Å². The average molecular weight is 475 g/mol. The third kappa shape index (κ3) is 4.36. The van der Waals surface area contributed by atoms with Crippen LogP contribution in [0.5, 0.6) is 0 Å². The zero-order chi connectivity index (χ0) is 23.0. The second kappa shape index (κ2) is 8.57. The first-order valence-electron chi connectivity index (χ1n) is 10.1. The van der Waals surface area contributed by atoms with Crippen LogP contribution < -0.4 is 5.32 Å². The number of aryl methyl sites for hydroxylation is 2. The van der Waals surface area contributed by atoms with Crippen LogP contribution in [0.2, 0.25) is 0 Å². The molecule has 1 N–H and O–H groups in total. The Balaban J connectivity index is 1.43. The van der Waals surface area contributed by atoms with Crippen molar-refractivity contribution in [3.8, 4) is 0 Å². The number of nitrogens with zero attached hydrogens (tertiary/aromatic N) is 3. The van der Waals surface area contributed by atoms with Crippen LogP contribution in [0.1, 0.15) is 24.0 Å². The van der Waals surface area contributed by atoms with Gasteiger partial charge in [-0.2, -0.15) is 4.31 Å². The Labute approximate surface area is 189 Å². The summed E-state index contributed by atoms with van der Waals surface area (Å²) in [5.41, 5.74) is 2.12. The fourth-order valence-electron chi connectivity index (χ4n) is 3.77. The molecule has 1 aromatic heterocycles. The normalized spacial score (nSPS) is 15.7. The Kier molecular flexibility index (Phi) is 5.97. The van der Waals surface area contributed by atoms with Crippen molar-refractivity contribution in [2.45, 2.75) is 31.6 Å². The maximum atomic E-state index is 13.1. The number of nitrogens with one attached hydrogen (secondary N) is 1. The number of piperidine rings is 1. The van der Waals surface area contributed by atoms with E-state index in [1.165, 1.54) is 27.8 Å². The molecule has 0 saturated carbocycles. The summed E-state index contributed by atoms with van der Waals surface area (Å²) in [5, 5.41) is 14.4. The van der Waals surface area contributed by atoms with E-state index < -0.39 is 14.9 Å². The minimum absolute atomic E-state index is 0.0700. The van der Waals surface area contributed by atoms with Crippen molar-refractivity contribution in [2.75, 3.05) is 18.4 Å². The Morgan fingerprint density at radius 2 is 1.91 bits per heavy atom. The topological polar surface area (TPSA) is 123 Å². The maximum Gasteiger partial charge on any atom is 0.270 e. The maximum absolute atomic E-state index is 13.1. The van der Waals surface area contributed by atoms with Crippen LogP contribution in [-0.4, -0.2) is 41.6 Å². The van der Waals surface area contributed by atoms with E-state index in [1.54, 1.807) is 6.92 Å². The van der Waals surface area contributed by atoms with E-state index in [2.05, 4.69) is 10.3 Å². The number of anilines is 1. The third-order valence-corrected chi connectivity index (χ3v) is 8.57. The minimum atomic E-state index is -3.89. The molecule has 2 heterocycles. The molecule has 0 unspecified atom stereocenters. The van der Waals surface area contributed by atoms with Gasteiger partial charge in [0.15, 0.2) is 5.13 Å². The highest BCUT2D eigenvalue weighted by atomic mass is 32.2. The van der Waals surface area contributed by atoms with E-state index in [-0.39, 0.29) is 35.5 Å². The van der Waals surface area contributed by atoms with E-state index in [4.69, 9.17) is 0 Å². The molecule has 0 atom stereocenters. The van der Waals surface area contributed by atoms with Gasteiger partial charge in [0, 0.05) is 31.1 Å². The number of benzene rings is 2. The number of fused-ring (bicyclic) bond motifs is 1. The van der Waals surface area contributed by atoms with Crippen molar-refractivity contribution in [2.24, 2.45) is 5.92 Å². The lowest BCUT2D eigenvalue weighted by Gasteiger charge is -2.30. The molecular weight excluding hydrogens is 452 g/mol. The molecule has 4 rings (SSSR count). The smallest absolute Gasteiger partial charge is 0.270 e. The van der Waals surface area contributed by atoms with Crippen LogP contribution in [0.4, 0.5) is 10.8 Å². The van der Waals surface area contributed by atoms with E-state index in [0.717, 1.165) is 21.8 Å². The van der Waals surface area contributed by atoms with Gasteiger partial charge in [0.25, 0.3) is 5.69 Å². The lowest BCUT2D eigenvalue weighted by molar-refractivity contribution is -0.385. The molecule has 1 aliphatic heterocycles. The summed E-state index contributed by atoms with van der Waals surface area (Å²) in [4.78, 5) is 27.5. The Hall–Kier alpha value is -2.89. The van der Waals surface area contributed by atoms with Crippen LogP contribution in [0, 0.1) is 29.9 Å². The molecule has 0 spiro atoms. The number of carbonyl (C=O) groups is 1. The molecule has 1 saturated heterocycles. The quantitative estimate of drug-likeness (QED) is 0.442. The van der Waals surface area contributed by atoms with Gasteiger partial charge in [-0.1, -0.05) is 23.5 Å². The van der Waals surface area contributed by atoms with Gasteiger partial charge in [-0.05, 0) is 49.9 Å². The van der Waals surface area contributed by atoms with Crippen LogP contribution in [-0.2, 0) is 14.8 Å². The SMILES string of the molecule is Cc1ccc2nc(NC(=O)C3CCN(S(=O)(=O)c4cc([N+](=O)[O-])ccc4C)CC3)sc2c1. The summed E-state index contributed by atoms with van der Waals surface area (Å²) in [6, 6.07) is 9.71. The summed E-state index contributed by atoms with van der Waals surface area (Å²) in [6.07, 6.45) is 0.728. The van der Waals surface area contributed by atoms with Gasteiger partial charge >= 0.3 is 0 Å². The number of non-ortho nitro benzene ring substituents is 1. The van der Waals surface area contributed by atoms with E-state index in [0.29, 0.717) is 23.5 Å². The lowest BCUT2D eigenvalue weighted by atomic mass is 9.97.